The molecule has 0 radical (unpaired) electrons. The van der Waals surface area contributed by atoms with Crippen LogP contribution in [0, 0.1) is 5.41 Å². The van der Waals surface area contributed by atoms with Crippen molar-refractivity contribution in [3.8, 4) is 0 Å². The number of hydrogen-bond donors (Lipinski definition) is 1. The molecule has 1 aliphatic heterocycles. The molecule has 1 atom stereocenters. The van der Waals surface area contributed by atoms with Gasteiger partial charge in [0.2, 0.25) is 0 Å². The number of rotatable bonds is 3. The number of Topliss-reactive ketones (excluding diaryl/α,β-unsaturated/α-hetero) is 1. The molecule has 0 amide bonds. The second-order valence-corrected chi connectivity index (χ2v) is 6.58. The number of piperidine rings is 1. The molecule has 1 aromatic heterocycles. The average Bonchev–Trinajstić information content (AvgIpc) is 2.65. The molecule has 1 saturated heterocycles. The van der Waals surface area contributed by atoms with Crippen molar-refractivity contribution >= 4 is 33.0 Å². The molecule has 2 rings (SSSR count). The Labute approximate surface area is 109 Å². The van der Waals surface area contributed by atoms with E-state index in [1.54, 1.807) is 11.3 Å². The number of carbonyl (C=O) groups excluding carboxylic acids is 1. The molecule has 1 fully saturated rings. The number of thiophene rings is 1. The first kappa shape index (κ1) is 12.3. The smallest absolute Gasteiger partial charge is 0.145 e. The van der Waals surface area contributed by atoms with Crippen molar-refractivity contribution in [1.82, 2.24) is 5.32 Å². The van der Waals surface area contributed by atoms with E-state index in [0.717, 1.165) is 35.3 Å². The van der Waals surface area contributed by atoms with Crippen molar-refractivity contribution in [2.75, 3.05) is 13.1 Å². The van der Waals surface area contributed by atoms with Gasteiger partial charge in [-0.25, -0.2) is 0 Å². The van der Waals surface area contributed by atoms with E-state index in [0.29, 0.717) is 12.2 Å². The minimum Gasteiger partial charge on any atom is -0.316 e. The van der Waals surface area contributed by atoms with Gasteiger partial charge in [-0.1, -0.05) is 6.92 Å². The van der Waals surface area contributed by atoms with Crippen LogP contribution in [0.3, 0.4) is 0 Å². The fourth-order valence-electron chi connectivity index (χ4n) is 2.11. The maximum absolute atomic E-state index is 12.2. The highest BCUT2D eigenvalue weighted by molar-refractivity contribution is 9.10. The molecule has 0 aromatic carbocycles. The highest BCUT2D eigenvalue weighted by Gasteiger charge is 2.34. The molecule has 88 valence electrons. The quantitative estimate of drug-likeness (QED) is 0.930. The highest BCUT2D eigenvalue weighted by Crippen LogP contribution is 2.29. The van der Waals surface area contributed by atoms with Crippen LogP contribution in [0.4, 0.5) is 0 Å². The summed E-state index contributed by atoms with van der Waals surface area (Å²) in [5.41, 5.74) is -0.158. The lowest BCUT2D eigenvalue weighted by Crippen LogP contribution is -2.43. The summed E-state index contributed by atoms with van der Waals surface area (Å²) in [6, 6.07) is 2.04. The molecule has 0 spiro atoms. The average molecular weight is 302 g/mol. The standard InChI is InChI=1S/C12H16BrNOS/c1-12(3-2-4-14-8-12)11(15)6-10-5-9(13)7-16-10/h5,7,14H,2-4,6,8H2,1H3. The van der Waals surface area contributed by atoms with Gasteiger partial charge < -0.3 is 5.32 Å². The van der Waals surface area contributed by atoms with Crippen LogP contribution >= 0.6 is 27.3 Å². The maximum Gasteiger partial charge on any atom is 0.145 e. The largest absolute Gasteiger partial charge is 0.316 e. The predicted molar refractivity (Wildman–Crippen MR) is 70.9 cm³/mol. The first-order chi connectivity index (χ1) is 7.60. The lowest BCUT2D eigenvalue weighted by molar-refractivity contribution is -0.128. The van der Waals surface area contributed by atoms with E-state index in [9.17, 15) is 4.79 Å². The van der Waals surface area contributed by atoms with E-state index in [2.05, 4.69) is 28.2 Å². The molecule has 1 unspecified atom stereocenters. The van der Waals surface area contributed by atoms with Gasteiger partial charge in [0.15, 0.2) is 0 Å². The Morgan fingerprint density at radius 2 is 2.50 bits per heavy atom. The topological polar surface area (TPSA) is 29.1 Å². The van der Waals surface area contributed by atoms with Gasteiger partial charge in [0.25, 0.3) is 0 Å². The Hall–Kier alpha value is -0.190. The predicted octanol–water partition coefficient (Wildman–Crippen LogP) is 3.01. The van der Waals surface area contributed by atoms with Crippen LogP contribution in [-0.4, -0.2) is 18.9 Å². The summed E-state index contributed by atoms with van der Waals surface area (Å²) in [6.07, 6.45) is 2.70. The molecule has 0 saturated carbocycles. The molecular weight excluding hydrogens is 286 g/mol. The Morgan fingerprint density at radius 1 is 1.69 bits per heavy atom. The van der Waals surface area contributed by atoms with Gasteiger partial charge >= 0.3 is 0 Å². The minimum absolute atomic E-state index is 0.158. The zero-order valence-electron chi connectivity index (χ0n) is 9.38. The molecular formula is C12H16BrNOS. The summed E-state index contributed by atoms with van der Waals surface area (Å²) in [6.45, 7) is 3.97. The molecule has 2 nitrogen and oxygen atoms in total. The van der Waals surface area contributed by atoms with Crippen LogP contribution < -0.4 is 5.32 Å². The molecule has 2 heterocycles. The van der Waals surface area contributed by atoms with Crippen LogP contribution in [0.15, 0.2) is 15.9 Å². The van der Waals surface area contributed by atoms with E-state index < -0.39 is 0 Å². The molecule has 0 bridgehead atoms. The lowest BCUT2D eigenvalue weighted by atomic mass is 9.77. The van der Waals surface area contributed by atoms with Crippen LogP contribution in [0.2, 0.25) is 0 Å². The molecule has 1 aromatic rings. The summed E-state index contributed by atoms with van der Waals surface area (Å²) in [5.74, 6) is 0.369. The van der Waals surface area contributed by atoms with Crippen LogP contribution in [0.5, 0.6) is 0 Å². The minimum atomic E-state index is -0.158. The first-order valence-electron chi connectivity index (χ1n) is 5.57. The second kappa shape index (κ2) is 4.98. The number of halogens is 1. The summed E-state index contributed by atoms with van der Waals surface area (Å²) in [7, 11) is 0. The third kappa shape index (κ3) is 2.73. The third-order valence-corrected chi connectivity index (χ3v) is 4.92. The summed E-state index contributed by atoms with van der Waals surface area (Å²) in [5, 5.41) is 5.35. The zero-order valence-corrected chi connectivity index (χ0v) is 11.8. The van der Waals surface area contributed by atoms with E-state index in [-0.39, 0.29) is 5.41 Å². The van der Waals surface area contributed by atoms with E-state index in [1.165, 1.54) is 0 Å². The van der Waals surface area contributed by atoms with E-state index >= 15 is 0 Å². The molecule has 1 aliphatic rings. The summed E-state index contributed by atoms with van der Waals surface area (Å²) in [4.78, 5) is 13.4. The van der Waals surface area contributed by atoms with Gasteiger partial charge in [-0.05, 0) is 41.4 Å². The van der Waals surface area contributed by atoms with Crippen molar-refractivity contribution in [1.29, 1.82) is 0 Å². The lowest BCUT2D eigenvalue weighted by Gasteiger charge is -2.32. The van der Waals surface area contributed by atoms with Crippen molar-refractivity contribution in [3.63, 3.8) is 0 Å². The van der Waals surface area contributed by atoms with Gasteiger partial charge in [-0.3, -0.25) is 4.79 Å². The number of nitrogens with one attached hydrogen (secondary N) is 1. The molecule has 4 heteroatoms. The number of ketones is 1. The molecule has 1 N–H and O–H groups in total. The summed E-state index contributed by atoms with van der Waals surface area (Å²) < 4.78 is 1.08. The molecule has 0 aliphatic carbocycles. The van der Waals surface area contributed by atoms with Crippen LogP contribution in [-0.2, 0) is 11.2 Å². The number of hydrogen-bond acceptors (Lipinski definition) is 3. The fraction of sp³-hybridized carbons (Fsp3) is 0.583. The van der Waals surface area contributed by atoms with Crippen LogP contribution in [0.1, 0.15) is 24.6 Å². The zero-order chi connectivity index (χ0) is 11.6. The molecule has 16 heavy (non-hydrogen) atoms. The normalized spacial score (nSPS) is 25.6. The van der Waals surface area contributed by atoms with Crippen molar-refractivity contribution in [3.05, 3.63) is 20.8 Å². The third-order valence-electron chi connectivity index (χ3n) is 3.23. The number of carbonyl (C=O) groups is 1. The second-order valence-electron chi connectivity index (χ2n) is 4.67. The van der Waals surface area contributed by atoms with Gasteiger partial charge in [0.05, 0.1) is 0 Å². The van der Waals surface area contributed by atoms with Crippen molar-refractivity contribution < 1.29 is 4.79 Å². The Morgan fingerprint density at radius 3 is 3.06 bits per heavy atom. The van der Waals surface area contributed by atoms with Gasteiger partial charge in [-0.2, -0.15) is 0 Å². The SMILES string of the molecule is CC1(C(=O)Cc2cc(Br)cs2)CCCNC1. The Balaban J connectivity index is 2.01. The van der Waals surface area contributed by atoms with E-state index in [1.807, 2.05) is 11.4 Å². The Kier molecular flexibility index (Phi) is 3.82. The fourth-order valence-corrected chi connectivity index (χ4v) is 3.56. The first-order valence-corrected chi connectivity index (χ1v) is 7.24. The van der Waals surface area contributed by atoms with Gasteiger partial charge in [0.1, 0.15) is 5.78 Å². The highest BCUT2D eigenvalue weighted by atomic mass is 79.9. The van der Waals surface area contributed by atoms with Crippen molar-refractivity contribution in [2.24, 2.45) is 5.41 Å². The Bertz CT molecular complexity index is 382. The van der Waals surface area contributed by atoms with E-state index in [4.69, 9.17) is 0 Å². The monoisotopic (exact) mass is 301 g/mol. The van der Waals surface area contributed by atoms with Gasteiger partial charge in [0, 0.05) is 33.1 Å². The van der Waals surface area contributed by atoms with Crippen LogP contribution in [0.25, 0.3) is 0 Å². The van der Waals surface area contributed by atoms with Gasteiger partial charge in [-0.15, -0.1) is 11.3 Å². The summed E-state index contributed by atoms with van der Waals surface area (Å²) >= 11 is 5.07. The maximum atomic E-state index is 12.2. The van der Waals surface area contributed by atoms with Crippen molar-refractivity contribution in [2.45, 2.75) is 26.2 Å².